The number of fused-ring (bicyclic) bond motifs is 1. The molecule has 0 spiro atoms. The van der Waals surface area contributed by atoms with Crippen molar-refractivity contribution in [2.45, 2.75) is 38.1 Å². The topological polar surface area (TPSA) is 73.1 Å². The van der Waals surface area contributed by atoms with E-state index in [9.17, 15) is 4.79 Å². The zero-order valence-electron chi connectivity index (χ0n) is 15.2. The summed E-state index contributed by atoms with van der Waals surface area (Å²) in [5.41, 5.74) is 2.50. The van der Waals surface area contributed by atoms with Gasteiger partial charge in [0.15, 0.2) is 0 Å². The van der Waals surface area contributed by atoms with Gasteiger partial charge >= 0.3 is 0 Å². The highest BCUT2D eigenvalue weighted by molar-refractivity contribution is 5.92. The SMILES string of the molecule is Cn1cnc2c1[C@@H](COCC1CCCC1)CN(C(=O)c1cnccn1)C2. The lowest BCUT2D eigenvalue weighted by Gasteiger charge is -2.32. The smallest absolute Gasteiger partial charge is 0.274 e. The van der Waals surface area contributed by atoms with Gasteiger partial charge in [-0.1, -0.05) is 12.8 Å². The van der Waals surface area contributed by atoms with Crippen LogP contribution in [0.2, 0.25) is 0 Å². The first-order valence-electron chi connectivity index (χ1n) is 9.35. The average Bonchev–Trinajstić information content (AvgIpc) is 3.32. The summed E-state index contributed by atoms with van der Waals surface area (Å²) in [6.07, 6.45) is 11.7. The molecule has 1 atom stereocenters. The molecule has 1 amide bonds. The van der Waals surface area contributed by atoms with Gasteiger partial charge in [-0.05, 0) is 18.8 Å². The highest BCUT2D eigenvalue weighted by Gasteiger charge is 2.32. The lowest BCUT2D eigenvalue weighted by Crippen LogP contribution is -2.40. The van der Waals surface area contributed by atoms with Gasteiger partial charge < -0.3 is 14.2 Å². The van der Waals surface area contributed by atoms with E-state index >= 15 is 0 Å². The largest absolute Gasteiger partial charge is 0.380 e. The molecular formula is C19H25N5O2. The third-order valence-electron chi connectivity index (χ3n) is 5.45. The quantitative estimate of drug-likeness (QED) is 0.822. The number of imidazole rings is 1. The Morgan fingerprint density at radius 2 is 2.08 bits per heavy atom. The van der Waals surface area contributed by atoms with Crippen molar-refractivity contribution < 1.29 is 9.53 Å². The minimum atomic E-state index is -0.102. The van der Waals surface area contributed by atoms with E-state index in [2.05, 4.69) is 19.5 Å². The number of hydrogen-bond acceptors (Lipinski definition) is 5. The Balaban J connectivity index is 1.47. The first-order valence-corrected chi connectivity index (χ1v) is 9.35. The zero-order chi connectivity index (χ0) is 17.9. The Labute approximate surface area is 153 Å². The number of carbonyl (C=O) groups is 1. The number of nitrogens with zero attached hydrogens (tertiary/aromatic N) is 5. The van der Waals surface area contributed by atoms with Crippen LogP contribution >= 0.6 is 0 Å². The van der Waals surface area contributed by atoms with E-state index in [1.165, 1.54) is 37.6 Å². The van der Waals surface area contributed by atoms with Gasteiger partial charge in [0.05, 0.1) is 31.4 Å². The Hall–Kier alpha value is -2.28. The van der Waals surface area contributed by atoms with E-state index in [-0.39, 0.29) is 11.8 Å². The monoisotopic (exact) mass is 355 g/mol. The molecule has 0 radical (unpaired) electrons. The molecule has 2 aromatic rings. The van der Waals surface area contributed by atoms with Crippen molar-refractivity contribution in [2.75, 3.05) is 19.8 Å². The predicted octanol–water partition coefficient (Wildman–Crippen LogP) is 2.16. The molecule has 0 saturated heterocycles. The molecule has 138 valence electrons. The van der Waals surface area contributed by atoms with E-state index in [4.69, 9.17) is 4.74 Å². The van der Waals surface area contributed by atoms with Crippen LogP contribution < -0.4 is 0 Å². The fourth-order valence-corrected chi connectivity index (χ4v) is 4.14. The van der Waals surface area contributed by atoms with Crippen molar-refractivity contribution >= 4 is 5.91 Å². The predicted molar refractivity (Wildman–Crippen MR) is 95.5 cm³/mol. The van der Waals surface area contributed by atoms with Gasteiger partial charge in [-0.3, -0.25) is 9.78 Å². The molecule has 1 aliphatic heterocycles. The number of rotatable bonds is 5. The van der Waals surface area contributed by atoms with Crippen molar-refractivity contribution in [1.29, 1.82) is 0 Å². The molecule has 2 aliphatic rings. The summed E-state index contributed by atoms with van der Waals surface area (Å²) < 4.78 is 8.12. The summed E-state index contributed by atoms with van der Waals surface area (Å²) in [6, 6.07) is 0. The molecule has 0 bridgehead atoms. The molecule has 7 heteroatoms. The van der Waals surface area contributed by atoms with Gasteiger partial charge in [-0.25, -0.2) is 9.97 Å². The molecule has 7 nitrogen and oxygen atoms in total. The Morgan fingerprint density at radius 1 is 1.23 bits per heavy atom. The number of aryl methyl sites for hydroxylation is 1. The molecule has 26 heavy (non-hydrogen) atoms. The summed E-state index contributed by atoms with van der Waals surface area (Å²) in [7, 11) is 2.01. The summed E-state index contributed by atoms with van der Waals surface area (Å²) in [5, 5.41) is 0. The maximum atomic E-state index is 12.8. The van der Waals surface area contributed by atoms with Crippen LogP contribution in [0.25, 0.3) is 0 Å². The molecule has 1 saturated carbocycles. The van der Waals surface area contributed by atoms with Crippen LogP contribution in [-0.4, -0.2) is 50.1 Å². The Bertz CT molecular complexity index is 755. The zero-order valence-corrected chi connectivity index (χ0v) is 15.2. The van der Waals surface area contributed by atoms with E-state index in [1.807, 2.05) is 18.3 Å². The normalized spacial score (nSPS) is 20.3. The van der Waals surface area contributed by atoms with Gasteiger partial charge in [0.2, 0.25) is 0 Å². The van der Waals surface area contributed by atoms with E-state index in [1.54, 1.807) is 12.4 Å². The van der Waals surface area contributed by atoms with Crippen molar-refractivity contribution in [3.63, 3.8) is 0 Å². The summed E-state index contributed by atoms with van der Waals surface area (Å²) >= 11 is 0. The Morgan fingerprint density at radius 3 is 2.85 bits per heavy atom. The molecule has 3 heterocycles. The van der Waals surface area contributed by atoms with Gasteiger partial charge in [0, 0.05) is 44.2 Å². The summed E-state index contributed by atoms with van der Waals surface area (Å²) in [5.74, 6) is 0.727. The van der Waals surface area contributed by atoms with Crippen LogP contribution in [0.1, 0.15) is 53.5 Å². The second-order valence-electron chi connectivity index (χ2n) is 7.35. The average molecular weight is 355 g/mol. The first-order chi connectivity index (χ1) is 12.7. The summed E-state index contributed by atoms with van der Waals surface area (Å²) in [4.78, 5) is 27.2. The van der Waals surface area contributed by atoms with E-state index < -0.39 is 0 Å². The third kappa shape index (κ3) is 3.49. The van der Waals surface area contributed by atoms with Crippen LogP contribution in [0.4, 0.5) is 0 Å². The van der Waals surface area contributed by atoms with E-state index in [0.29, 0.717) is 31.3 Å². The molecule has 2 aromatic heterocycles. The van der Waals surface area contributed by atoms with Crippen molar-refractivity contribution in [3.8, 4) is 0 Å². The van der Waals surface area contributed by atoms with Gasteiger partial charge in [0.25, 0.3) is 5.91 Å². The first kappa shape index (κ1) is 17.1. The lowest BCUT2D eigenvalue weighted by atomic mass is 9.98. The highest BCUT2D eigenvalue weighted by Crippen LogP contribution is 2.29. The van der Waals surface area contributed by atoms with Crippen LogP contribution in [0.5, 0.6) is 0 Å². The fraction of sp³-hybridized carbons (Fsp3) is 0.579. The number of amides is 1. The van der Waals surface area contributed by atoms with Crippen LogP contribution in [0.3, 0.4) is 0 Å². The van der Waals surface area contributed by atoms with Crippen LogP contribution in [-0.2, 0) is 18.3 Å². The molecule has 1 aliphatic carbocycles. The maximum Gasteiger partial charge on any atom is 0.274 e. The standard InChI is InChI=1S/C19H25N5O2/c1-23-13-22-17-10-24(19(25)16-8-20-6-7-21-16)9-15(18(17)23)12-26-11-14-4-2-3-5-14/h6-8,13-15H,2-5,9-12H2,1H3/t15-/m1/s1. The molecule has 4 rings (SSSR count). The van der Waals surface area contributed by atoms with Crippen molar-refractivity contribution in [2.24, 2.45) is 13.0 Å². The van der Waals surface area contributed by atoms with Gasteiger partial charge in [-0.2, -0.15) is 0 Å². The second kappa shape index (κ2) is 7.53. The third-order valence-corrected chi connectivity index (χ3v) is 5.45. The van der Waals surface area contributed by atoms with Gasteiger partial charge in [0.1, 0.15) is 5.69 Å². The van der Waals surface area contributed by atoms with Gasteiger partial charge in [-0.15, -0.1) is 0 Å². The lowest BCUT2D eigenvalue weighted by molar-refractivity contribution is 0.0568. The molecule has 1 fully saturated rings. The number of aromatic nitrogens is 4. The highest BCUT2D eigenvalue weighted by atomic mass is 16.5. The number of hydrogen-bond donors (Lipinski definition) is 0. The molecule has 0 N–H and O–H groups in total. The number of carbonyl (C=O) groups excluding carboxylic acids is 1. The number of ether oxygens (including phenoxy) is 1. The van der Waals surface area contributed by atoms with Crippen molar-refractivity contribution in [3.05, 3.63) is 42.0 Å². The van der Waals surface area contributed by atoms with Crippen LogP contribution in [0, 0.1) is 5.92 Å². The van der Waals surface area contributed by atoms with Crippen molar-refractivity contribution in [1.82, 2.24) is 24.4 Å². The minimum absolute atomic E-state index is 0.102. The molecular weight excluding hydrogens is 330 g/mol. The molecule has 0 aromatic carbocycles. The summed E-state index contributed by atoms with van der Waals surface area (Å²) in [6.45, 7) is 2.56. The molecule has 0 unspecified atom stereocenters. The van der Waals surface area contributed by atoms with E-state index in [0.717, 1.165) is 12.3 Å². The Kier molecular flexibility index (Phi) is 4.97. The fourth-order valence-electron chi connectivity index (χ4n) is 4.14. The van der Waals surface area contributed by atoms with Crippen LogP contribution in [0.15, 0.2) is 24.9 Å². The maximum absolute atomic E-state index is 12.8. The minimum Gasteiger partial charge on any atom is -0.380 e. The second-order valence-corrected chi connectivity index (χ2v) is 7.35.